The smallest absolute Gasteiger partial charge is 0.453 e. The molecule has 2 saturated carbocycles. The predicted molar refractivity (Wildman–Crippen MR) is 204 cm³/mol. The van der Waals surface area contributed by atoms with Crippen LogP contribution < -0.4 is 0 Å². The Labute approximate surface area is 318 Å². The number of carbonyl (C=O) groups excluding carboxylic acids is 1. The minimum Gasteiger partial charge on any atom is -0.616 e. The minimum absolute atomic E-state index is 0.0333. The highest BCUT2D eigenvalue weighted by Gasteiger charge is 2.58. The standard InChI is InChI=1S/C43H65F5O4S/c1-3-4-5-6-7-10-13-16-20-39(50)52-38-24-23-37-40-32(30-33-31-34(49)21-22-35(33)36(40)25-27-41(37,38)2)19-15-12-9-8-11-14-17-28-53(51)29-18-26-42(44,45)43(46,47)48/h16,20-22,31-32,36-38,40,49H,3-15,17-19,23-30H2,1-2H3/b20-16+. The highest BCUT2D eigenvalue weighted by molar-refractivity contribution is 7.91. The van der Waals surface area contributed by atoms with Crippen LogP contribution in [0.5, 0.6) is 5.75 Å². The Morgan fingerprint density at radius 2 is 1.58 bits per heavy atom. The van der Waals surface area contributed by atoms with E-state index < -0.39 is 36.1 Å². The summed E-state index contributed by atoms with van der Waals surface area (Å²) < 4.78 is 81.4. The van der Waals surface area contributed by atoms with Crippen molar-refractivity contribution < 1.29 is 41.1 Å². The van der Waals surface area contributed by atoms with Gasteiger partial charge in [-0.25, -0.2) is 4.79 Å². The summed E-state index contributed by atoms with van der Waals surface area (Å²) in [6.07, 6.45) is 17.8. The second kappa shape index (κ2) is 20.9. The second-order valence-corrected chi connectivity index (χ2v) is 18.3. The van der Waals surface area contributed by atoms with E-state index in [0.29, 0.717) is 41.6 Å². The molecule has 10 heteroatoms. The molecule has 7 atom stereocenters. The van der Waals surface area contributed by atoms with Crippen molar-refractivity contribution in [3.8, 4) is 5.75 Å². The molecule has 4 nitrogen and oxygen atoms in total. The summed E-state index contributed by atoms with van der Waals surface area (Å²) in [5.74, 6) is -2.39. The number of phenols is 1. The molecule has 0 bridgehead atoms. The third-order valence-electron chi connectivity index (χ3n) is 12.8. The van der Waals surface area contributed by atoms with Crippen molar-refractivity contribution in [2.45, 2.75) is 179 Å². The van der Waals surface area contributed by atoms with E-state index in [-0.39, 0.29) is 23.2 Å². The molecule has 4 rings (SSSR count). The van der Waals surface area contributed by atoms with Crippen LogP contribution in [0, 0.1) is 23.2 Å². The average molecular weight is 773 g/mol. The van der Waals surface area contributed by atoms with Gasteiger partial charge >= 0.3 is 18.1 Å². The molecule has 1 aromatic rings. The number of carbonyl (C=O) groups is 1. The number of phenolic OH excluding ortho intramolecular Hbond substituents is 1. The van der Waals surface area contributed by atoms with E-state index in [9.17, 15) is 36.4 Å². The van der Waals surface area contributed by atoms with E-state index in [1.54, 1.807) is 6.08 Å². The molecule has 1 aromatic carbocycles. The van der Waals surface area contributed by atoms with Crippen molar-refractivity contribution in [2.24, 2.45) is 23.2 Å². The van der Waals surface area contributed by atoms with Crippen LogP contribution in [0.3, 0.4) is 0 Å². The fourth-order valence-corrected chi connectivity index (χ4v) is 11.1. The molecular formula is C43H65F5O4S. The fraction of sp³-hybridized carbons (Fsp3) is 0.791. The van der Waals surface area contributed by atoms with Crippen molar-refractivity contribution >= 4 is 17.1 Å². The first-order valence-corrected chi connectivity index (χ1v) is 22.2. The Hall–Kier alpha value is -1.81. The summed E-state index contributed by atoms with van der Waals surface area (Å²) in [5, 5.41) is 10.3. The molecule has 1 N–H and O–H groups in total. The quantitative estimate of drug-likeness (QED) is 0.0395. The van der Waals surface area contributed by atoms with E-state index in [2.05, 4.69) is 19.9 Å². The number of esters is 1. The number of ether oxygens (including phenoxy) is 1. The first-order chi connectivity index (χ1) is 25.3. The number of rotatable bonds is 23. The summed E-state index contributed by atoms with van der Waals surface area (Å²) in [6.45, 7) is 4.59. The highest BCUT2D eigenvalue weighted by atomic mass is 32.2. The van der Waals surface area contributed by atoms with E-state index in [1.807, 2.05) is 18.2 Å². The Bertz CT molecular complexity index is 1290. The maximum atomic E-state index is 13.1. The third-order valence-corrected chi connectivity index (χ3v) is 14.2. The molecular weight excluding hydrogens is 708 g/mol. The summed E-state index contributed by atoms with van der Waals surface area (Å²) >= 11 is -1.37. The number of hydrogen-bond donors (Lipinski definition) is 1. The van der Waals surface area contributed by atoms with Gasteiger partial charge in [0.2, 0.25) is 0 Å². The van der Waals surface area contributed by atoms with Crippen molar-refractivity contribution in [2.75, 3.05) is 11.5 Å². The topological polar surface area (TPSA) is 69.6 Å². The number of allylic oxidation sites excluding steroid dienone is 1. The third kappa shape index (κ3) is 12.6. The average Bonchev–Trinajstić information content (AvgIpc) is 3.43. The molecule has 53 heavy (non-hydrogen) atoms. The molecule has 0 radical (unpaired) electrons. The van der Waals surface area contributed by atoms with Crippen LogP contribution in [0.1, 0.15) is 166 Å². The van der Waals surface area contributed by atoms with Gasteiger partial charge in [-0.3, -0.25) is 0 Å². The molecule has 3 aliphatic rings. The van der Waals surface area contributed by atoms with Crippen LogP contribution in [0.4, 0.5) is 22.0 Å². The first kappa shape index (κ1) is 43.9. The zero-order valence-electron chi connectivity index (χ0n) is 32.2. The van der Waals surface area contributed by atoms with Gasteiger partial charge in [-0.05, 0) is 118 Å². The van der Waals surface area contributed by atoms with Crippen molar-refractivity contribution in [1.82, 2.24) is 0 Å². The van der Waals surface area contributed by atoms with Crippen molar-refractivity contribution in [1.29, 1.82) is 0 Å². The van der Waals surface area contributed by atoms with Crippen molar-refractivity contribution in [3.63, 3.8) is 0 Å². The lowest BCUT2D eigenvalue weighted by atomic mass is 9.52. The van der Waals surface area contributed by atoms with Gasteiger partial charge in [0.1, 0.15) is 23.4 Å². The van der Waals surface area contributed by atoms with Gasteiger partial charge in [0.15, 0.2) is 0 Å². The Morgan fingerprint density at radius 1 is 0.925 bits per heavy atom. The van der Waals surface area contributed by atoms with E-state index in [1.165, 1.54) is 43.2 Å². The number of aromatic hydroxyl groups is 1. The summed E-state index contributed by atoms with van der Waals surface area (Å²) in [7, 11) is 0. The normalized spacial score (nSPS) is 26.3. The number of halogens is 5. The molecule has 3 aliphatic carbocycles. The van der Waals surface area contributed by atoms with Gasteiger partial charge in [0.25, 0.3) is 0 Å². The van der Waals surface area contributed by atoms with Gasteiger partial charge in [-0.2, -0.15) is 22.0 Å². The zero-order valence-corrected chi connectivity index (χ0v) is 33.0. The SMILES string of the molecule is CCCCCCCC/C=C/C(=O)OC1CCC2C3C(CCCCCCCCC[S+]([O-])CCCC(F)(F)C(F)(F)F)Cc4cc(O)ccc4C3CCC12C. The predicted octanol–water partition coefficient (Wildman–Crippen LogP) is 12.5. The van der Waals surface area contributed by atoms with Crippen LogP contribution in [0.2, 0.25) is 0 Å². The van der Waals surface area contributed by atoms with Crippen LogP contribution in [-0.4, -0.2) is 45.3 Å². The van der Waals surface area contributed by atoms with Crippen LogP contribution >= 0.6 is 0 Å². The molecule has 0 aliphatic heterocycles. The van der Waals surface area contributed by atoms with Gasteiger partial charge < -0.3 is 14.4 Å². The summed E-state index contributed by atoms with van der Waals surface area (Å²) in [4.78, 5) is 12.9. The Balaban J connectivity index is 1.21. The number of benzene rings is 1. The Kier molecular flexibility index (Phi) is 17.3. The molecule has 0 heterocycles. The minimum atomic E-state index is -5.55. The van der Waals surface area contributed by atoms with Crippen molar-refractivity contribution in [3.05, 3.63) is 41.5 Å². The number of hydrogen-bond acceptors (Lipinski definition) is 4. The number of unbranched alkanes of at least 4 members (excludes halogenated alkanes) is 12. The zero-order chi connectivity index (χ0) is 38.5. The summed E-state index contributed by atoms with van der Waals surface area (Å²) in [6, 6.07) is 5.94. The molecule has 7 unspecified atom stereocenters. The lowest BCUT2D eigenvalue weighted by Gasteiger charge is -2.53. The summed E-state index contributed by atoms with van der Waals surface area (Å²) in [5.41, 5.74) is 2.64. The Morgan fingerprint density at radius 3 is 2.30 bits per heavy atom. The van der Waals surface area contributed by atoms with Crippen LogP contribution in [0.25, 0.3) is 0 Å². The highest BCUT2D eigenvalue weighted by Crippen LogP contribution is 2.63. The first-order valence-electron chi connectivity index (χ1n) is 20.7. The van der Waals surface area contributed by atoms with E-state index in [0.717, 1.165) is 89.9 Å². The van der Waals surface area contributed by atoms with Gasteiger partial charge in [-0.15, -0.1) is 0 Å². The lowest BCUT2D eigenvalue weighted by Crippen LogP contribution is -2.48. The number of alkyl halides is 5. The second-order valence-electron chi connectivity index (χ2n) is 16.6. The molecule has 302 valence electrons. The van der Waals surface area contributed by atoms with E-state index >= 15 is 0 Å². The monoisotopic (exact) mass is 772 g/mol. The van der Waals surface area contributed by atoms with Gasteiger partial charge in [-0.1, -0.05) is 101 Å². The lowest BCUT2D eigenvalue weighted by molar-refractivity contribution is -0.284. The fourth-order valence-electron chi connectivity index (χ4n) is 9.86. The number of fused-ring (bicyclic) bond motifs is 5. The molecule has 0 spiro atoms. The van der Waals surface area contributed by atoms with Gasteiger partial charge in [0, 0.05) is 17.9 Å². The van der Waals surface area contributed by atoms with Gasteiger partial charge in [0.05, 0.1) is 0 Å². The molecule has 0 aromatic heterocycles. The van der Waals surface area contributed by atoms with E-state index in [4.69, 9.17) is 4.74 Å². The maximum Gasteiger partial charge on any atom is 0.453 e. The molecule has 0 saturated heterocycles. The van der Waals surface area contributed by atoms with Crippen LogP contribution in [-0.2, 0) is 27.1 Å². The maximum absolute atomic E-state index is 13.1. The molecule has 0 amide bonds. The largest absolute Gasteiger partial charge is 0.616 e. The molecule has 2 fully saturated rings. The van der Waals surface area contributed by atoms with Crippen LogP contribution in [0.15, 0.2) is 30.4 Å².